The number of carbonyl (C=O) groups excluding carboxylic acids is 2. The van der Waals surface area contributed by atoms with E-state index >= 15 is 8.78 Å². The van der Waals surface area contributed by atoms with E-state index in [1.165, 1.54) is 40.3 Å². The Labute approximate surface area is 279 Å². The van der Waals surface area contributed by atoms with Gasteiger partial charge >= 0.3 is 5.69 Å². The molecule has 14 heteroatoms. The Bertz CT molecular complexity index is 2020. The Morgan fingerprint density at radius 2 is 1.94 bits per heavy atom. The molecule has 3 aliphatic rings. The molecule has 1 fully saturated rings. The second-order valence-electron chi connectivity index (χ2n) is 12.3. The van der Waals surface area contributed by atoms with Crippen molar-refractivity contribution >= 4 is 34.7 Å². The van der Waals surface area contributed by atoms with E-state index in [9.17, 15) is 19.2 Å². The monoisotopic (exact) mass is 680 g/mol. The van der Waals surface area contributed by atoms with Crippen LogP contribution in [0.25, 0.3) is 5.57 Å². The molecule has 3 N–H and O–H groups in total. The number of nitrogens with one attached hydrogen (secondary N) is 3. The van der Waals surface area contributed by atoms with Crippen LogP contribution >= 0.6 is 11.6 Å². The Balaban J connectivity index is 1.28. The summed E-state index contributed by atoms with van der Waals surface area (Å²) >= 11 is 6.98. The van der Waals surface area contributed by atoms with Crippen LogP contribution in [0.4, 0.5) is 14.5 Å². The van der Waals surface area contributed by atoms with Crippen molar-refractivity contribution in [2.24, 2.45) is 14.1 Å². The fourth-order valence-corrected chi connectivity index (χ4v) is 7.19. The summed E-state index contributed by atoms with van der Waals surface area (Å²) in [5.41, 5.74) is 0.873. The van der Waals surface area contributed by atoms with E-state index in [2.05, 4.69) is 16.0 Å². The summed E-state index contributed by atoms with van der Waals surface area (Å²) in [6, 6.07) is 4.38. The number of aromatic nitrogens is 3. The molecule has 1 saturated heterocycles. The van der Waals surface area contributed by atoms with Crippen LogP contribution in [0.2, 0.25) is 0 Å². The average Bonchev–Trinajstić information content (AvgIpc) is 3.68. The van der Waals surface area contributed by atoms with Gasteiger partial charge in [-0.1, -0.05) is 6.08 Å². The number of carbonyl (C=O) groups is 2. The average molecular weight is 681 g/mol. The first-order chi connectivity index (χ1) is 22.9. The van der Waals surface area contributed by atoms with Crippen molar-refractivity contribution in [2.45, 2.75) is 56.0 Å². The van der Waals surface area contributed by atoms with Gasteiger partial charge in [-0.05, 0) is 61.6 Å². The van der Waals surface area contributed by atoms with Gasteiger partial charge < -0.3 is 25.3 Å². The third-order valence-electron chi connectivity index (χ3n) is 9.33. The summed E-state index contributed by atoms with van der Waals surface area (Å²) in [6.45, 7) is 2.14. The zero-order valence-corrected chi connectivity index (χ0v) is 27.6. The van der Waals surface area contributed by atoms with E-state index in [1.807, 2.05) is 6.07 Å². The molecule has 48 heavy (non-hydrogen) atoms. The zero-order valence-electron chi connectivity index (χ0n) is 26.8. The molecule has 1 aliphatic heterocycles. The van der Waals surface area contributed by atoms with Gasteiger partial charge in [0.1, 0.15) is 17.2 Å². The van der Waals surface area contributed by atoms with Gasteiger partial charge in [0, 0.05) is 73.6 Å². The van der Waals surface area contributed by atoms with E-state index in [-0.39, 0.29) is 45.9 Å². The summed E-state index contributed by atoms with van der Waals surface area (Å²) in [7, 11) is 4.19. The Morgan fingerprint density at radius 1 is 1.17 bits per heavy atom. The highest BCUT2D eigenvalue weighted by Gasteiger charge is 2.36. The molecule has 4 atom stereocenters. The lowest BCUT2D eigenvalue weighted by Gasteiger charge is -2.28. The van der Waals surface area contributed by atoms with Crippen molar-refractivity contribution in [3.05, 3.63) is 103 Å². The third-order valence-corrected chi connectivity index (χ3v) is 9.82. The molecule has 0 spiro atoms. The molecular weight excluding hydrogens is 646 g/mol. The number of methoxy groups -OCH3 is 1. The maximum Gasteiger partial charge on any atom is 0.330 e. The van der Waals surface area contributed by atoms with Gasteiger partial charge in [-0.25, -0.2) is 18.6 Å². The van der Waals surface area contributed by atoms with E-state index in [1.54, 1.807) is 6.08 Å². The minimum atomic E-state index is -1.08. The number of ether oxygens (including phenoxy) is 1. The molecule has 2 aliphatic carbocycles. The minimum Gasteiger partial charge on any atom is -0.481 e. The summed E-state index contributed by atoms with van der Waals surface area (Å²) in [4.78, 5) is 54.2. The number of nitrogens with zero attached hydrogens (tertiary/aromatic N) is 3. The molecule has 0 bridgehead atoms. The van der Waals surface area contributed by atoms with E-state index in [0.717, 1.165) is 51.8 Å². The van der Waals surface area contributed by atoms with Gasteiger partial charge in [-0.15, -0.1) is 11.6 Å². The number of anilines is 1. The van der Waals surface area contributed by atoms with Gasteiger partial charge in [0.05, 0.1) is 18.2 Å². The third kappa shape index (κ3) is 5.96. The number of rotatable bonds is 8. The molecule has 252 valence electrons. The first-order valence-electron chi connectivity index (χ1n) is 15.6. The number of aryl methyl sites for hydroxylation is 2. The van der Waals surface area contributed by atoms with Crippen LogP contribution in [0.5, 0.6) is 5.88 Å². The van der Waals surface area contributed by atoms with Gasteiger partial charge in [0.2, 0.25) is 11.8 Å². The smallest absolute Gasteiger partial charge is 0.330 e. The molecule has 3 heterocycles. The van der Waals surface area contributed by atoms with E-state index in [0.29, 0.717) is 24.5 Å². The standard InChI is InChI=1S/C34H35ClF2N6O5/c1-16-23(40-31(45)20-15-42(2)34(47)43(3)33(20)46)11-9-21(36)27(16)29-22(37)8-7-19(30(29)35)25-13-17-5-10-24(28(17)32(41-25)48-4)38-14-18-6-12-26(44)39-18/h7-9,11,13,15,18-19,24,30,38H,5-6,10,12,14H2,1-4H3,(H,39,44)(H,40,45)/t18-,19?,24-,30?/m0/s1. The number of hydrogen-bond acceptors (Lipinski definition) is 7. The van der Waals surface area contributed by atoms with Crippen LogP contribution in [-0.4, -0.2) is 51.0 Å². The van der Waals surface area contributed by atoms with Crippen molar-refractivity contribution in [3.8, 4) is 5.88 Å². The summed E-state index contributed by atoms with van der Waals surface area (Å²) in [5, 5.41) is 8.02. The zero-order chi connectivity index (χ0) is 34.4. The first kappa shape index (κ1) is 33.3. The largest absolute Gasteiger partial charge is 0.481 e. The molecule has 2 unspecified atom stereocenters. The number of hydrogen-bond donors (Lipinski definition) is 3. The lowest BCUT2D eigenvalue weighted by Crippen LogP contribution is -2.40. The maximum absolute atomic E-state index is 15.6. The number of pyridine rings is 1. The second kappa shape index (κ2) is 13.1. The fraction of sp³-hybridized carbons (Fsp3) is 0.382. The Kier molecular flexibility index (Phi) is 9.10. The van der Waals surface area contributed by atoms with Crippen LogP contribution < -0.4 is 31.9 Å². The molecule has 11 nitrogen and oxygen atoms in total. The van der Waals surface area contributed by atoms with Crippen molar-refractivity contribution < 1.29 is 23.1 Å². The van der Waals surface area contributed by atoms with Gasteiger partial charge in [-0.3, -0.25) is 19.0 Å². The number of halogens is 3. The lowest BCUT2D eigenvalue weighted by molar-refractivity contribution is -0.119. The van der Waals surface area contributed by atoms with Crippen LogP contribution in [0.3, 0.4) is 0 Å². The molecule has 0 saturated carbocycles. The van der Waals surface area contributed by atoms with Crippen molar-refractivity contribution in [1.82, 2.24) is 24.8 Å². The Hall–Kier alpha value is -4.62. The molecule has 2 aromatic heterocycles. The number of alkyl halides is 1. The SMILES string of the molecule is COc1nc(C2C=CC(F)=C(c3c(F)ccc(NC(=O)c4cn(C)c(=O)n(C)c4=O)c3C)C2Cl)cc2c1[C@@H](NC[C@@H]1CCC(=O)N1)CC2. The van der Waals surface area contributed by atoms with Crippen LogP contribution in [0.15, 0.2) is 52.0 Å². The highest BCUT2D eigenvalue weighted by atomic mass is 35.5. The predicted octanol–water partition coefficient (Wildman–Crippen LogP) is 3.68. The maximum atomic E-state index is 15.6. The quantitative estimate of drug-likeness (QED) is 0.309. The predicted molar refractivity (Wildman–Crippen MR) is 177 cm³/mol. The number of allylic oxidation sites excluding steroid dienone is 4. The lowest BCUT2D eigenvalue weighted by atomic mass is 9.84. The molecule has 6 rings (SSSR count). The molecular formula is C34H35ClF2N6O5. The van der Waals surface area contributed by atoms with Crippen molar-refractivity contribution in [2.75, 3.05) is 19.0 Å². The van der Waals surface area contributed by atoms with E-state index in [4.69, 9.17) is 21.3 Å². The topological polar surface area (TPSA) is 136 Å². The van der Waals surface area contributed by atoms with E-state index < -0.39 is 40.1 Å². The highest BCUT2D eigenvalue weighted by molar-refractivity contribution is 6.28. The number of fused-ring (bicyclic) bond motifs is 1. The van der Waals surface area contributed by atoms with Crippen LogP contribution in [0, 0.1) is 12.7 Å². The highest BCUT2D eigenvalue weighted by Crippen LogP contribution is 2.46. The normalized spacial score (nSPS) is 21.8. The molecule has 3 aromatic rings. The number of benzene rings is 1. The minimum absolute atomic E-state index is 0.0220. The van der Waals surface area contributed by atoms with Gasteiger partial charge in [0.15, 0.2) is 0 Å². The summed E-state index contributed by atoms with van der Waals surface area (Å²) in [6.07, 6.45) is 6.79. The van der Waals surface area contributed by atoms with Gasteiger partial charge in [-0.2, -0.15) is 0 Å². The van der Waals surface area contributed by atoms with Crippen LogP contribution in [-0.2, 0) is 25.3 Å². The summed E-state index contributed by atoms with van der Waals surface area (Å²) in [5.74, 6) is -2.48. The molecule has 1 aromatic carbocycles. The van der Waals surface area contributed by atoms with Crippen molar-refractivity contribution in [1.29, 1.82) is 0 Å². The van der Waals surface area contributed by atoms with Crippen molar-refractivity contribution in [3.63, 3.8) is 0 Å². The second-order valence-corrected chi connectivity index (χ2v) is 12.8. The van der Waals surface area contributed by atoms with Gasteiger partial charge in [0.25, 0.3) is 11.5 Å². The summed E-state index contributed by atoms with van der Waals surface area (Å²) < 4.78 is 38.8. The number of amides is 2. The van der Waals surface area contributed by atoms with Crippen LogP contribution in [0.1, 0.15) is 69.5 Å². The molecule has 0 radical (unpaired) electrons. The molecule has 2 amide bonds. The Morgan fingerprint density at radius 3 is 2.65 bits per heavy atom. The fourth-order valence-electron chi connectivity index (χ4n) is 6.76. The first-order valence-corrected chi connectivity index (χ1v) is 16.0.